The predicted molar refractivity (Wildman–Crippen MR) is 30.0 cm³/mol. The minimum atomic E-state index is -0.392. The van der Waals surface area contributed by atoms with Crippen molar-refractivity contribution in [2.24, 2.45) is 0 Å². The lowest BCUT2D eigenvalue weighted by Gasteiger charge is -1.85. The lowest BCUT2D eigenvalue weighted by Crippen LogP contribution is -1.99. The van der Waals surface area contributed by atoms with E-state index >= 15 is 0 Å². The summed E-state index contributed by atoms with van der Waals surface area (Å²) in [6.45, 7) is 0. The van der Waals surface area contributed by atoms with E-state index in [9.17, 15) is 4.79 Å². The van der Waals surface area contributed by atoms with E-state index in [4.69, 9.17) is 11.6 Å². The minimum Gasteiger partial charge on any atom is -0.468 e. The van der Waals surface area contributed by atoms with Crippen LogP contribution in [0.2, 0.25) is 0 Å². The first-order valence-electron chi connectivity index (χ1n) is 1.44. The summed E-state index contributed by atoms with van der Waals surface area (Å²) in [5.41, 5.74) is 0. The third kappa shape index (κ3) is 6.05. The minimum absolute atomic E-state index is 0. The van der Waals surface area contributed by atoms with Crippen LogP contribution >= 0.6 is 24.0 Å². The molecule has 0 unspecified atom stereocenters. The molecule has 0 rings (SSSR count). The van der Waals surface area contributed by atoms with Gasteiger partial charge in [0.2, 0.25) is 0 Å². The highest BCUT2D eigenvalue weighted by molar-refractivity contribution is 6.26. The number of rotatable bonds is 1. The van der Waals surface area contributed by atoms with Crippen LogP contribution in [-0.2, 0) is 9.53 Å². The van der Waals surface area contributed by atoms with Gasteiger partial charge in [-0.3, -0.25) is 4.79 Å². The molecule has 0 aromatic rings. The lowest BCUT2D eigenvalue weighted by atomic mass is 10.8. The van der Waals surface area contributed by atoms with E-state index in [1.807, 2.05) is 0 Å². The molecule has 2 nitrogen and oxygen atoms in total. The normalized spacial score (nSPS) is 6.57. The second kappa shape index (κ2) is 6.05. The number of ether oxygens (including phenoxy) is 1. The highest BCUT2D eigenvalue weighted by atomic mass is 35.5. The van der Waals surface area contributed by atoms with Crippen LogP contribution in [0.3, 0.4) is 0 Å². The Balaban J connectivity index is 0. The van der Waals surface area contributed by atoms with Crippen molar-refractivity contribution >= 4 is 30.0 Å². The van der Waals surface area contributed by atoms with Gasteiger partial charge in [0.1, 0.15) is 5.88 Å². The van der Waals surface area contributed by atoms with Gasteiger partial charge in [-0.2, -0.15) is 0 Å². The maximum atomic E-state index is 9.83. The first kappa shape index (κ1) is 10.1. The van der Waals surface area contributed by atoms with Gasteiger partial charge < -0.3 is 4.74 Å². The van der Waals surface area contributed by atoms with E-state index in [2.05, 4.69) is 4.74 Å². The number of alkyl halides is 1. The van der Waals surface area contributed by atoms with E-state index in [1.54, 1.807) is 0 Å². The van der Waals surface area contributed by atoms with Gasteiger partial charge in [-0.05, 0) is 0 Å². The highest BCUT2D eigenvalue weighted by Crippen LogP contribution is 1.75. The van der Waals surface area contributed by atoms with Crippen LogP contribution < -0.4 is 0 Å². The molecule has 0 bridgehead atoms. The first-order chi connectivity index (χ1) is 2.81. The summed E-state index contributed by atoms with van der Waals surface area (Å²) in [4.78, 5) is 9.83. The van der Waals surface area contributed by atoms with Crippen molar-refractivity contribution in [1.29, 1.82) is 0 Å². The Kier molecular flexibility index (Phi) is 8.75. The summed E-state index contributed by atoms with van der Waals surface area (Å²) in [5, 5.41) is 0. The van der Waals surface area contributed by atoms with Gasteiger partial charge in [0.25, 0.3) is 0 Å². The molecule has 0 saturated carbocycles. The molecule has 7 heavy (non-hydrogen) atoms. The van der Waals surface area contributed by atoms with E-state index in [1.165, 1.54) is 7.11 Å². The SMILES string of the molecule is COC(=O)CCl.Cl. The second-order valence-corrected chi connectivity index (χ2v) is 0.977. The summed E-state index contributed by atoms with van der Waals surface area (Å²) < 4.78 is 4.13. The Morgan fingerprint density at radius 3 is 2.29 bits per heavy atom. The van der Waals surface area contributed by atoms with Crippen molar-refractivity contribution in [2.75, 3.05) is 13.0 Å². The number of carbonyl (C=O) groups excluding carboxylic acids is 1. The Bertz CT molecular complexity index is 48.9. The number of halogens is 2. The van der Waals surface area contributed by atoms with Crippen molar-refractivity contribution in [1.82, 2.24) is 0 Å². The zero-order valence-corrected chi connectivity index (χ0v) is 5.38. The van der Waals surface area contributed by atoms with Crippen molar-refractivity contribution in [3.05, 3.63) is 0 Å². The van der Waals surface area contributed by atoms with Crippen molar-refractivity contribution in [3.8, 4) is 0 Å². The van der Waals surface area contributed by atoms with Crippen LogP contribution in [-0.4, -0.2) is 19.0 Å². The van der Waals surface area contributed by atoms with Gasteiger partial charge in [-0.15, -0.1) is 24.0 Å². The Hall–Kier alpha value is 0.0500. The Morgan fingerprint density at radius 1 is 1.86 bits per heavy atom. The lowest BCUT2D eigenvalue weighted by molar-refractivity contribution is -0.137. The maximum absolute atomic E-state index is 9.83. The summed E-state index contributed by atoms with van der Waals surface area (Å²) in [6, 6.07) is 0. The average molecular weight is 145 g/mol. The van der Waals surface area contributed by atoms with E-state index < -0.39 is 5.97 Å². The summed E-state index contributed by atoms with van der Waals surface area (Å²) in [6.07, 6.45) is 0. The van der Waals surface area contributed by atoms with Crippen LogP contribution in [0.25, 0.3) is 0 Å². The zero-order valence-electron chi connectivity index (χ0n) is 3.81. The fraction of sp³-hybridized carbons (Fsp3) is 0.667. The van der Waals surface area contributed by atoms with Crippen LogP contribution in [0.5, 0.6) is 0 Å². The molecule has 0 radical (unpaired) electrons. The summed E-state index contributed by atoms with van der Waals surface area (Å²) in [5.74, 6) is -0.451. The molecular formula is C3H6Cl2O2. The zero-order chi connectivity index (χ0) is 4.99. The van der Waals surface area contributed by atoms with Crippen LogP contribution in [0, 0.1) is 0 Å². The molecule has 0 spiro atoms. The number of hydrogen-bond acceptors (Lipinski definition) is 2. The predicted octanol–water partition coefficient (Wildman–Crippen LogP) is 0.820. The van der Waals surface area contributed by atoms with Crippen molar-refractivity contribution < 1.29 is 9.53 Å². The molecule has 0 aromatic heterocycles. The van der Waals surface area contributed by atoms with Gasteiger partial charge in [0.15, 0.2) is 0 Å². The molecule has 0 atom stereocenters. The Morgan fingerprint density at radius 2 is 2.29 bits per heavy atom. The largest absolute Gasteiger partial charge is 0.468 e. The molecule has 0 aromatic carbocycles. The number of esters is 1. The van der Waals surface area contributed by atoms with Crippen LogP contribution in [0.4, 0.5) is 0 Å². The van der Waals surface area contributed by atoms with Gasteiger partial charge in [-0.1, -0.05) is 0 Å². The number of carbonyl (C=O) groups is 1. The van der Waals surface area contributed by atoms with Gasteiger partial charge in [0.05, 0.1) is 7.11 Å². The molecule has 4 heteroatoms. The van der Waals surface area contributed by atoms with Crippen molar-refractivity contribution in [2.45, 2.75) is 0 Å². The highest BCUT2D eigenvalue weighted by Gasteiger charge is 1.89. The third-order valence-electron chi connectivity index (χ3n) is 0.337. The van der Waals surface area contributed by atoms with E-state index in [0.29, 0.717) is 0 Å². The second-order valence-electron chi connectivity index (χ2n) is 0.710. The molecule has 0 N–H and O–H groups in total. The smallest absolute Gasteiger partial charge is 0.320 e. The topological polar surface area (TPSA) is 26.3 Å². The average Bonchev–Trinajstić information content (AvgIpc) is 1.65. The molecule has 44 valence electrons. The number of methoxy groups -OCH3 is 1. The fourth-order valence-electron chi connectivity index (χ4n) is 0.0546. The molecule has 0 amide bonds. The van der Waals surface area contributed by atoms with E-state index in [0.717, 1.165) is 0 Å². The standard InChI is InChI=1S/C3H5ClO2.ClH/c1-6-3(5)2-4;/h2H2,1H3;1H. The van der Waals surface area contributed by atoms with Gasteiger partial charge in [0, 0.05) is 0 Å². The van der Waals surface area contributed by atoms with E-state index in [-0.39, 0.29) is 18.3 Å². The summed E-state index contributed by atoms with van der Waals surface area (Å²) in [7, 11) is 1.30. The Labute approximate surface area is 53.2 Å². The molecule has 0 fully saturated rings. The molecule has 0 aliphatic rings. The molecular weight excluding hydrogens is 139 g/mol. The number of hydrogen-bond donors (Lipinski definition) is 0. The molecule has 0 aliphatic heterocycles. The maximum Gasteiger partial charge on any atom is 0.320 e. The molecule has 0 saturated heterocycles. The summed E-state index contributed by atoms with van der Waals surface area (Å²) >= 11 is 4.98. The molecule has 0 heterocycles. The van der Waals surface area contributed by atoms with Gasteiger partial charge in [-0.25, -0.2) is 0 Å². The quantitative estimate of drug-likeness (QED) is 0.403. The van der Waals surface area contributed by atoms with Gasteiger partial charge >= 0.3 is 5.97 Å². The first-order valence-corrected chi connectivity index (χ1v) is 1.97. The third-order valence-corrected chi connectivity index (χ3v) is 0.555. The van der Waals surface area contributed by atoms with Crippen LogP contribution in [0.1, 0.15) is 0 Å². The fourth-order valence-corrected chi connectivity index (χ4v) is 0.164. The van der Waals surface area contributed by atoms with Crippen LogP contribution in [0.15, 0.2) is 0 Å². The monoisotopic (exact) mass is 144 g/mol. The molecule has 0 aliphatic carbocycles. The van der Waals surface area contributed by atoms with Crippen molar-refractivity contribution in [3.63, 3.8) is 0 Å².